The molecule has 2 aromatic carbocycles. The van der Waals surface area contributed by atoms with Crippen molar-refractivity contribution >= 4 is 93.5 Å². The summed E-state index contributed by atoms with van der Waals surface area (Å²) in [7, 11) is 0. The number of halogens is 6. The van der Waals surface area contributed by atoms with Crippen LogP contribution in [0.15, 0.2) is 12.1 Å². The maximum Gasteiger partial charge on any atom is 0.423 e. The summed E-state index contributed by atoms with van der Waals surface area (Å²) in [6.07, 6.45) is 7.65. The predicted octanol–water partition coefficient (Wildman–Crippen LogP) is 8.81. The standard InChI is InChI=1S/C28H24Cl6O8/c29-15-11-17(31)23(19(21(15)33)25(35)39-9-1-3-13-5-6-13)41-27(37)28(38)42-24-18(32)12-16(30)22(34)20(24)26(36)40-10-2-4-14-7-8-14/h11-14H,1-10H2. The van der Waals surface area contributed by atoms with E-state index in [2.05, 4.69) is 0 Å². The predicted molar refractivity (Wildman–Crippen MR) is 159 cm³/mol. The number of benzene rings is 2. The van der Waals surface area contributed by atoms with Crippen molar-refractivity contribution in [2.24, 2.45) is 11.8 Å². The van der Waals surface area contributed by atoms with Gasteiger partial charge < -0.3 is 18.9 Å². The average molecular weight is 701 g/mol. The molecule has 8 nitrogen and oxygen atoms in total. The van der Waals surface area contributed by atoms with Gasteiger partial charge in [-0.2, -0.15) is 0 Å². The van der Waals surface area contributed by atoms with Gasteiger partial charge in [0.2, 0.25) is 0 Å². The Bertz CT molecular complexity index is 1300. The van der Waals surface area contributed by atoms with Crippen LogP contribution < -0.4 is 9.47 Å². The van der Waals surface area contributed by atoms with Gasteiger partial charge in [-0.25, -0.2) is 19.2 Å². The third-order valence-corrected chi connectivity index (χ3v) is 8.73. The van der Waals surface area contributed by atoms with Gasteiger partial charge in [0.1, 0.15) is 11.1 Å². The van der Waals surface area contributed by atoms with E-state index >= 15 is 0 Å². The summed E-state index contributed by atoms with van der Waals surface area (Å²) < 4.78 is 20.8. The van der Waals surface area contributed by atoms with Gasteiger partial charge in [-0.1, -0.05) is 95.3 Å². The monoisotopic (exact) mass is 698 g/mol. The summed E-state index contributed by atoms with van der Waals surface area (Å²) >= 11 is 37.0. The van der Waals surface area contributed by atoms with Crippen LogP contribution in [0.2, 0.25) is 30.1 Å². The Morgan fingerprint density at radius 2 is 0.952 bits per heavy atom. The van der Waals surface area contributed by atoms with Crippen molar-refractivity contribution in [3.05, 3.63) is 53.4 Å². The average Bonchev–Trinajstić information content (AvgIpc) is 3.86. The van der Waals surface area contributed by atoms with Gasteiger partial charge >= 0.3 is 23.9 Å². The van der Waals surface area contributed by atoms with E-state index in [1.165, 1.54) is 0 Å². The van der Waals surface area contributed by atoms with Crippen LogP contribution in [0.1, 0.15) is 72.1 Å². The lowest BCUT2D eigenvalue weighted by Crippen LogP contribution is -2.27. The molecule has 0 amide bonds. The lowest BCUT2D eigenvalue weighted by atomic mass is 10.2. The van der Waals surface area contributed by atoms with Gasteiger partial charge in [-0.15, -0.1) is 0 Å². The largest absolute Gasteiger partial charge is 0.462 e. The quantitative estimate of drug-likeness (QED) is 0.0711. The number of rotatable bonds is 12. The van der Waals surface area contributed by atoms with E-state index in [4.69, 9.17) is 88.6 Å². The molecule has 2 aliphatic carbocycles. The van der Waals surface area contributed by atoms with E-state index in [0.29, 0.717) is 24.7 Å². The molecule has 0 radical (unpaired) electrons. The molecule has 0 aliphatic heterocycles. The summed E-state index contributed by atoms with van der Waals surface area (Å²) in [4.78, 5) is 51.3. The van der Waals surface area contributed by atoms with Crippen molar-refractivity contribution in [3.63, 3.8) is 0 Å². The molecular weight excluding hydrogens is 677 g/mol. The van der Waals surface area contributed by atoms with E-state index in [0.717, 1.165) is 50.7 Å². The van der Waals surface area contributed by atoms with Gasteiger partial charge in [0, 0.05) is 0 Å². The minimum Gasteiger partial charge on any atom is -0.462 e. The fourth-order valence-electron chi connectivity index (χ4n) is 4.02. The van der Waals surface area contributed by atoms with Crippen LogP contribution in [-0.4, -0.2) is 37.1 Å². The molecule has 0 atom stereocenters. The first-order chi connectivity index (χ1) is 20.0. The van der Waals surface area contributed by atoms with Gasteiger partial charge in [0.05, 0.1) is 43.3 Å². The van der Waals surface area contributed by atoms with Gasteiger partial charge in [-0.05, 0) is 49.7 Å². The second kappa shape index (κ2) is 14.7. The molecule has 42 heavy (non-hydrogen) atoms. The van der Waals surface area contributed by atoms with Crippen LogP contribution in [0.3, 0.4) is 0 Å². The van der Waals surface area contributed by atoms with E-state index in [-0.39, 0.29) is 43.3 Å². The molecule has 0 spiro atoms. The molecule has 226 valence electrons. The third-order valence-electron chi connectivity index (χ3n) is 6.59. The van der Waals surface area contributed by atoms with Crippen molar-refractivity contribution in [1.29, 1.82) is 0 Å². The van der Waals surface area contributed by atoms with E-state index in [1.54, 1.807) is 0 Å². The summed E-state index contributed by atoms with van der Waals surface area (Å²) in [6, 6.07) is 2.24. The molecule has 0 aromatic heterocycles. The molecule has 0 bridgehead atoms. The lowest BCUT2D eigenvalue weighted by Gasteiger charge is -2.15. The molecule has 2 saturated carbocycles. The van der Waals surface area contributed by atoms with Gasteiger partial charge in [0.15, 0.2) is 11.5 Å². The summed E-state index contributed by atoms with van der Waals surface area (Å²) in [5.74, 6) is -5.08. The number of ether oxygens (including phenoxy) is 4. The SMILES string of the molecule is O=C(Oc1c(Cl)cc(Cl)c(Cl)c1C(=O)OCCCC1CC1)C(=O)Oc1c(Cl)cc(Cl)c(Cl)c1C(=O)OCCCC1CC1. The minimum absolute atomic E-state index is 0.0838. The third kappa shape index (κ3) is 8.58. The zero-order valence-electron chi connectivity index (χ0n) is 21.9. The second-order valence-corrected chi connectivity index (χ2v) is 12.3. The highest BCUT2D eigenvalue weighted by molar-refractivity contribution is 6.47. The number of carbonyl (C=O) groups excluding carboxylic acids is 4. The van der Waals surface area contributed by atoms with Crippen LogP contribution in [0.25, 0.3) is 0 Å². The van der Waals surface area contributed by atoms with Crippen LogP contribution in [0.5, 0.6) is 11.5 Å². The Kier molecular flexibility index (Phi) is 11.5. The molecule has 0 heterocycles. The Morgan fingerprint density at radius 1 is 0.595 bits per heavy atom. The first-order valence-corrected chi connectivity index (χ1v) is 15.4. The fourth-order valence-corrected chi connectivity index (χ4v) is 5.46. The van der Waals surface area contributed by atoms with E-state index in [1.807, 2.05) is 0 Å². The van der Waals surface area contributed by atoms with Crippen LogP contribution >= 0.6 is 69.6 Å². The van der Waals surface area contributed by atoms with Crippen molar-refractivity contribution in [1.82, 2.24) is 0 Å². The first-order valence-electron chi connectivity index (χ1n) is 13.1. The highest BCUT2D eigenvalue weighted by Gasteiger charge is 2.32. The van der Waals surface area contributed by atoms with Crippen LogP contribution in [0.4, 0.5) is 0 Å². The topological polar surface area (TPSA) is 105 Å². The fraction of sp³-hybridized carbons (Fsp3) is 0.429. The number of hydrogen-bond donors (Lipinski definition) is 0. The van der Waals surface area contributed by atoms with Crippen LogP contribution in [-0.2, 0) is 19.1 Å². The minimum atomic E-state index is -1.64. The molecule has 0 N–H and O–H groups in total. The van der Waals surface area contributed by atoms with Crippen molar-refractivity contribution in [2.45, 2.75) is 51.4 Å². The lowest BCUT2D eigenvalue weighted by molar-refractivity contribution is -0.156. The van der Waals surface area contributed by atoms with Crippen molar-refractivity contribution in [2.75, 3.05) is 13.2 Å². The number of hydrogen-bond acceptors (Lipinski definition) is 8. The smallest absolute Gasteiger partial charge is 0.423 e. The van der Waals surface area contributed by atoms with Gasteiger partial charge in [-0.3, -0.25) is 0 Å². The number of carbonyl (C=O) groups is 4. The Morgan fingerprint density at radius 3 is 1.29 bits per heavy atom. The van der Waals surface area contributed by atoms with Crippen molar-refractivity contribution in [3.8, 4) is 11.5 Å². The maximum atomic E-state index is 12.8. The Hall–Kier alpha value is -1.94. The van der Waals surface area contributed by atoms with E-state index < -0.39 is 46.5 Å². The Labute approximate surface area is 271 Å². The Balaban J connectivity index is 1.49. The molecule has 14 heteroatoms. The number of esters is 4. The highest BCUT2D eigenvalue weighted by Crippen LogP contribution is 2.42. The van der Waals surface area contributed by atoms with Gasteiger partial charge in [0.25, 0.3) is 0 Å². The second-order valence-electron chi connectivity index (χ2n) is 9.94. The molecule has 0 unspecified atom stereocenters. The molecule has 2 aliphatic rings. The summed E-state index contributed by atoms with van der Waals surface area (Å²) in [5.41, 5.74) is -0.908. The first kappa shape index (κ1) is 33.0. The molecule has 4 rings (SSSR count). The van der Waals surface area contributed by atoms with E-state index in [9.17, 15) is 19.2 Å². The zero-order valence-corrected chi connectivity index (χ0v) is 26.4. The highest BCUT2D eigenvalue weighted by atomic mass is 35.5. The molecule has 2 fully saturated rings. The zero-order chi connectivity index (χ0) is 30.6. The van der Waals surface area contributed by atoms with Crippen LogP contribution in [0, 0.1) is 11.8 Å². The maximum absolute atomic E-state index is 12.8. The van der Waals surface area contributed by atoms with Crippen molar-refractivity contribution < 1.29 is 38.1 Å². The summed E-state index contributed by atoms with van der Waals surface area (Å²) in [5, 5.41) is -1.45. The summed E-state index contributed by atoms with van der Waals surface area (Å²) in [6.45, 7) is 0.168. The molecule has 2 aromatic rings. The molecule has 0 saturated heterocycles. The molecular formula is C28H24Cl6O8. The normalized spacial score (nSPS) is 14.3.